The predicted octanol–water partition coefficient (Wildman–Crippen LogP) is 1.48. The van der Waals surface area contributed by atoms with Crippen LogP contribution in [0.3, 0.4) is 0 Å². The van der Waals surface area contributed by atoms with Crippen LogP contribution in [-0.4, -0.2) is 11.9 Å². The fraction of sp³-hybridized carbons (Fsp3) is 0.333. The normalized spacial score (nSPS) is 11.9. The van der Waals surface area contributed by atoms with Gasteiger partial charge in [0.25, 0.3) is 0 Å². The van der Waals surface area contributed by atoms with Crippen molar-refractivity contribution < 1.29 is 4.79 Å². The second kappa shape index (κ2) is 5.29. The molecule has 1 rings (SSSR count). The first-order chi connectivity index (χ1) is 7.54. The Hall–Kier alpha value is -1.86. The van der Waals surface area contributed by atoms with Crippen molar-refractivity contribution in [3.05, 3.63) is 29.8 Å². The fourth-order valence-electron chi connectivity index (χ4n) is 1.19. The fourth-order valence-corrected chi connectivity index (χ4v) is 1.19. The van der Waals surface area contributed by atoms with E-state index >= 15 is 0 Å². The third-order valence-corrected chi connectivity index (χ3v) is 2.28. The number of hydrogen-bond acceptors (Lipinski definition) is 3. The summed E-state index contributed by atoms with van der Waals surface area (Å²) >= 11 is 0. The van der Waals surface area contributed by atoms with Crippen LogP contribution in [0, 0.1) is 17.2 Å². The summed E-state index contributed by atoms with van der Waals surface area (Å²) in [7, 11) is 0. The summed E-state index contributed by atoms with van der Waals surface area (Å²) in [5.74, 6) is -0.149. The summed E-state index contributed by atoms with van der Waals surface area (Å²) < 4.78 is 0. The number of carbonyl (C=O) groups is 1. The Morgan fingerprint density at radius 2 is 2.19 bits per heavy atom. The number of anilines is 1. The van der Waals surface area contributed by atoms with Crippen molar-refractivity contribution in [3.8, 4) is 6.07 Å². The average Bonchev–Trinajstić information content (AvgIpc) is 2.28. The lowest BCUT2D eigenvalue weighted by Crippen LogP contribution is -2.39. The zero-order chi connectivity index (χ0) is 12.1. The minimum atomic E-state index is -0.536. The number of carbonyl (C=O) groups excluding carboxylic acids is 1. The first-order valence-corrected chi connectivity index (χ1v) is 5.11. The van der Waals surface area contributed by atoms with E-state index in [1.54, 1.807) is 24.3 Å². The third kappa shape index (κ3) is 3.07. The summed E-state index contributed by atoms with van der Waals surface area (Å²) in [4.78, 5) is 11.6. The quantitative estimate of drug-likeness (QED) is 0.804. The Morgan fingerprint density at radius 3 is 2.75 bits per heavy atom. The van der Waals surface area contributed by atoms with Crippen LogP contribution in [0.4, 0.5) is 5.69 Å². The number of amides is 1. The molecule has 84 valence electrons. The van der Waals surface area contributed by atoms with Gasteiger partial charge in [0.15, 0.2) is 0 Å². The molecule has 0 aliphatic heterocycles. The van der Waals surface area contributed by atoms with Gasteiger partial charge in [-0.3, -0.25) is 4.79 Å². The molecular weight excluding hydrogens is 202 g/mol. The van der Waals surface area contributed by atoms with Crippen molar-refractivity contribution in [2.45, 2.75) is 19.9 Å². The van der Waals surface area contributed by atoms with E-state index in [9.17, 15) is 4.79 Å². The zero-order valence-corrected chi connectivity index (χ0v) is 9.40. The highest BCUT2D eigenvalue weighted by atomic mass is 16.2. The maximum absolute atomic E-state index is 11.6. The molecule has 0 aromatic heterocycles. The highest BCUT2D eigenvalue weighted by molar-refractivity contribution is 5.94. The molecule has 1 atom stereocenters. The summed E-state index contributed by atoms with van der Waals surface area (Å²) in [6.07, 6.45) is 0. The third-order valence-electron chi connectivity index (χ3n) is 2.28. The molecule has 0 aliphatic rings. The van der Waals surface area contributed by atoms with Gasteiger partial charge in [0.05, 0.1) is 17.7 Å². The van der Waals surface area contributed by atoms with Crippen LogP contribution >= 0.6 is 0 Å². The Labute approximate surface area is 95.1 Å². The molecule has 0 unspecified atom stereocenters. The monoisotopic (exact) mass is 217 g/mol. The van der Waals surface area contributed by atoms with Crippen LogP contribution in [0.5, 0.6) is 0 Å². The molecule has 4 heteroatoms. The molecule has 0 fully saturated rings. The van der Waals surface area contributed by atoms with Gasteiger partial charge >= 0.3 is 0 Å². The largest absolute Gasteiger partial charge is 0.325 e. The van der Waals surface area contributed by atoms with Crippen molar-refractivity contribution in [2.24, 2.45) is 11.7 Å². The van der Waals surface area contributed by atoms with Crippen LogP contribution in [0.25, 0.3) is 0 Å². The van der Waals surface area contributed by atoms with Crippen molar-refractivity contribution in [2.75, 3.05) is 5.32 Å². The highest BCUT2D eigenvalue weighted by Crippen LogP contribution is 2.11. The molecule has 0 bridgehead atoms. The Balaban J connectivity index is 2.74. The van der Waals surface area contributed by atoms with E-state index in [0.29, 0.717) is 11.3 Å². The summed E-state index contributed by atoms with van der Waals surface area (Å²) in [5, 5.41) is 11.4. The van der Waals surface area contributed by atoms with E-state index in [1.165, 1.54) is 0 Å². The molecular formula is C12H15N3O. The molecule has 4 nitrogen and oxygen atoms in total. The van der Waals surface area contributed by atoms with Crippen LogP contribution in [0.15, 0.2) is 24.3 Å². The smallest absolute Gasteiger partial charge is 0.241 e. The molecule has 1 aromatic rings. The summed E-state index contributed by atoms with van der Waals surface area (Å²) in [6, 6.07) is 8.21. The second-order valence-corrected chi connectivity index (χ2v) is 3.95. The molecule has 1 aromatic carbocycles. The maximum Gasteiger partial charge on any atom is 0.241 e. The number of nitrogens with zero attached hydrogens (tertiary/aromatic N) is 1. The number of rotatable bonds is 3. The van der Waals surface area contributed by atoms with E-state index in [1.807, 2.05) is 19.9 Å². The van der Waals surface area contributed by atoms with Gasteiger partial charge in [-0.1, -0.05) is 19.9 Å². The standard InChI is InChI=1S/C12H15N3O/c1-8(2)11(14)12(16)15-10-5-3-4-9(6-10)7-13/h3-6,8,11H,14H2,1-2H3,(H,15,16)/t11-/m0/s1. The van der Waals surface area contributed by atoms with Gasteiger partial charge in [0.1, 0.15) is 0 Å². The van der Waals surface area contributed by atoms with Gasteiger partial charge in [0.2, 0.25) is 5.91 Å². The van der Waals surface area contributed by atoms with Crippen molar-refractivity contribution in [1.82, 2.24) is 0 Å². The van der Waals surface area contributed by atoms with Crippen LogP contribution in [-0.2, 0) is 4.79 Å². The van der Waals surface area contributed by atoms with Gasteiger partial charge in [-0.15, -0.1) is 0 Å². The van der Waals surface area contributed by atoms with E-state index in [-0.39, 0.29) is 11.8 Å². The lowest BCUT2D eigenvalue weighted by molar-refractivity contribution is -0.118. The molecule has 3 N–H and O–H groups in total. The topological polar surface area (TPSA) is 78.9 Å². The summed E-state index contributed by atoms with van der Waals surface area (Å²) in [5.41, 5.74) is 6.81. The molecule has 0 spiro atoms. The Morgan fingerprint density at radius 1 is 1.50 bits per heavy atom. The van der Waals surface area contributed by atoms with Gasteiger partial charge in [-0.2, -0.15) is 5.26 Å². The molecule has 16 heavy (non-hydrogen) atoms. The number of hydrogen-bond donors (Lipinski definition) is 2. The number of nitrogens with two attached hydrogens (primary N) is 1. The van der Waals surface area contributed by atoms with E-state index in [2.05, 4.69) is 5.32 Å². The van der Waals surface area contributed by atoms with E-state index < -0.39 is 6.04 Å². The Kier molecular flexibility index (Phi) is 4.03. The molecule has 0 aliphatic carbocycles. The average molecular weight is 217 g/mol. The van der Waals surface area contributed by atoms with Crippen LogP contribution < -0.4 is 11.1 Å². The van der Waals surface area contributed by atoms with Gasteiger partial charge < -0.3 is 11.1 Å². The minimum absolute atomic E-state index is 0.0825. The SMILES string of the molecule is CC(C)[C@H](N)C(=O)Nc1cccc(C#N)c1. The zero-order valence-electron chi connectivity index (χ0n) is 9.40. The molecule has 0 radical (unpaired) electrons. The molecule has 0 heterocycles. The second-order valence-electron chi connectivity index (χ2n) is 3.95. The molecule has 0 saturated heterocycles. The van der Waals surface area contributed by atoms with Crippen molar-refractivity contribution >= 4 is 11.6 Å². The van der Waals surface area contributed by atoms with Crippen LogP contribution in [0.2, 0.25) is 0 Å². The first kappa shape index (κ1) is 12.2. The molecule has 1 amide bonds. The van der Waals surface area contributed by atoms with Gasteiger partial charge in [-0.05, 0) is 24.1 Å². The highest BCUT2D eigenvalue weighted by Gasteiger charge is 2.16. The Bertz CT molecular complexity index is 421. The molecule has 0 saturated carbocycles. The maximum atomic E-state index is 11.6. The van der Waals surface area contributed by atoms with Crippen molar-refractivity contribution in [3.63, 3.8) is 0 Å². The lowest BCUT2D eigenvalue weighted by atomic mass is 10.0. The number of nitrogens with one attached hydrogen (secondary N) is 1. The first-order valence-electron chi connectivity index (χ1n) is 5.11. The van der Waals surface area contributed by atoms with E-state index in [0.717, 1.165) is 0 Å². The van der Waals surface area contributed by atoms with Crippen LogP contribution in [0.1, 0.15) is 19.4 Å². The van der Waals surface area contributed by atoms with Gasteiger partial charge in [-0.25, -0.2) is 0 Å². The number of benzene rings is 1. The predicted molar refractivity (Wildman–Crippen MR) is 62.6 cm³/mol. The minimum Gasteiger partial charge on any atom is -0.325 e. The van der Waals surface area contributed by atoms with Crippen molar-refractivity contribution in [1.29, 1.82) is 5.26 Å². The summed E-state index contributed by atoms with van der Waals surface area (Å²) in [6.45, 7) is 3.77. The van der Waals surface area contributed by atoms with E-state index in [4.69, 9.17) is 11.0 Å². The lowest BCUT2D eigenvalue weighted by Gasteiger charge is -2.15. The number of nitriles is 1. The van der Waals surface area contributed by atoms with Gasteiger partial charge in [0, 0.05) is 5.69 Å².